The molecule has 102 valence electrons. The maximum Gasteiger partial charge on any atom is 0.248 e. The van der Waals surface area contributed by atoms with Gasteiger partial charge in [0.1, 0.15) is 0 Å². The lowest BCUT2D eigenvalue weighted by molar-refractivity contribution is -0.111. The van der Waals surface area contributed by atoms with Crippen molar-refractivity contribution < 1.29 is 4.79 Å². The van der Waals surface area contributed by atoms with Crippen molar-refractivity contribution in [1.29, 1.82) is 0 Å². The lowest BCUT2D eigenvalue weighted by Crippen LogP contribution is -2.13. The second kappa shape index (κ2) is 5.92. The van der Waals surface area contributed by atoms with Gasteiger partial charge >= 0.3 is 0 Å². The normalized spacial score (nSPS) is 13.8. The van der Waals surface area contributed by atoms with Gasteiger partial charge in [-0.3, -0.25) is 4.79 Å². The summed E-state index contributed by atoms with van der Waals surface area (Å²) < 4.78 is 0. The maximum absolute atomic E-state index is 11.9. The van der Waals surface area contributed by atoms with Crippen LogP contribution in [-0.4, -0.2) is 12.5 Å². The third kappa shape index (κ3) is 3.08. The van der Waals surface area contributed by atoms with E-state index in [9.17, 15) is 4.79 Å². The molecule has 1 amide bonds. The van der Waals surface area contributed by atoms with Gasteiger partial charge in [-0.2, -0.15) is 0 Å². The quantitative estimate of drug-likeness (QED) is 0.843. The summed E-state index contributed by atoms with van der Waals surface area (Å²) >= 11 is 1.61. The van der Waals surface area contributed by atoms with Gasteiger partial charge in [-0.05, 0) is 48.1 Å². The van der Waals surface area contributed by atoms with Crippen LogP contribution in [0.2, 0.25) is 0 Å². The Morgan fingerprint density at radius 1 is 1.35 bits per heavy atom. The summed E-state index contributed by atoms with van der Waals surface area (Å²) in [6.45, 7) is 1.00. The van der Waals surface area contributed by atoms with Gasteiger partial charge in [-0.25, -0.2) is 0 Å². The van der Waals surface area contributed by atoms with Crippen LogP contribution in [0.5, 0.6) is 0 Å². The summed E-state index contributed by atoms with van der Waals surface area (Å²) in [6.07, 6.45) is 5.67. The van der Waals surface area contributed by atoms with Gasteiger partial charge in [-0.15, -0.1) is 11.3 Å². The highest BCUT2D eigenvalue weighted by atomic mass is 32.1. The number of hydrogen-bond donors (Lipinski definition) is 2. The van der Waals surface area contributed by atoms with Crippen molar-refractivity contribution in [2.45, 2.75) is 12.8 Å². The molecule has 1 aromatic heterocycles. The fourth-order valence-electron chi connectivity index (χ4n) is 2.27. The first kappa shape index (κ1) is 12.9. The monoisotopic (exact) mass is 284 g/mol. The number of thiophene rings is 1. The fourth-order valence-corrected chi connectivity index (χ4v) is 2.88. The van der Waals surface area contributed by atoms with Crippen LogP contribution in [0, 0.1) is 0 Å². The number of hydrogen-bond acceptors (Lipinski definition) is 3. The van der Waals surface area contributed by atoms with Crippen molar-refractivity contribution >= 4 is 34.7 Å². The molecule has 3 nitrogen and oxygen atoms in total. The molecule has 2 N–H and O–H groups in total. The number of benzene rings is 1. The molecule has 0 bridgehead atoms. The molecule has 3 rings (SSSR count). The molecular weight excluding hydrogens is 268 g/mol. The maximum atomic E-state index is 11.9. The fraction of sp³-hybridized carbons (Fsp3) is 0.188. The Balaban J connectivity index is 1.67. The van der Waals surface area contributed by atoms with Gasteiger partial charge in [0.05, 0.1) is 0 Å². The van der Waals surface area contributed by atoms with Crippen molar-refractivity contribution in [3.63, 3.8) is 0 Å². The van der Waals surface area contributed by atoms with E-state index < -0.39 is 0 Å². The van der Waals surface area contributed by atoms with Gasteiger partial charge in [0.25, 0.3) is 0 Å². The Morgan fingerprint density at radius 3 is 3.15 bits per heavy atom. The van der Waals surface area contributed by atoms with E-state index in [1.165, 1.54) is 12.0 Å². The van der Waals surface area contributed by atoms with Crippen LogP contribution in [0.1, 0.15) is 16.9 Å². The Kier molecular flexibility index (Phi) is 3.83. The predicted octanol–water partition coefficient (Wildman–Crippen LogP) is 3.76. The Bertz CT molecular complexity index is 632. The van der Waals surface area contributed by atoms with E-state index in [0.29, 0.717) is 0 Å². The van der Waals surface area contributed by atoms with Crippen molar-refractivity contribution in [3.05, 3.63) is 52.2 Å². The van der Waals surface area contributed by atoms with Gasteiger partial charge in [0, 0.05) is 28.9 Å². The molecule has 1 aromatic carbocycles. The summed E-state index contributed by atoms with van der Waals surface area (Å²) in [5.74, 6) is -0.103. The molecule has 0 fully saturated rings. The van der Waals surface area contributed by atoms with Crippen LogP contribution in [0.4, 0.5) is 11.4 Å². The number of anilines is 2. The number of carbonyl (C=O) groups is 1. The number of fused-ring (bicyclic) bond motifs is 1. The minimum atomic E-state index is -0.103. The van der Waals surface area contributed by atoms with Crippen molar-refractivity contribution in [1.82, 2.24) is 0 Å². The zero-order valence-electron chi connectivity index (χ0n) is 11.1. The van der Waals surface area contributed by atoms with Crippen molar-refractivity contribution in [2.24, 2.45) is 0 Å². The Morgan fingerprint density at radius 2 is 2.30 bits per heavy atom. The summed E-state index contributed by atoms with van der Waals surface area (Å²) in [6, 6.07) is 10.0. The molecule has 0 unspecified atom stereocenters. The lowest BCUT2D eigenvalue weighted by atomic mass is 10.0. The molecule has 2 aromatic rings. The van der Waals surface area contributed by atoms with E-state index in [-0.39, 0.29) is 5.91 Å². The van der Waals surface area contributed by atoms with E-state index >= 15 is 0 Å². The average Bonchev–Trinajstić information content (AvgIpc) is 2.98. The van der Waals surface area contributed by atoms with E-state index in [2.05, 4.69) is 16.7 Å². The zero-order valence-corrected chi connectivity index (χ0v) is 11.9. The summed E-state index contributed by atoms with van der Waals surface area (Å²) in [5, 5.41) is 8.25. The van der Waals surface area contributed by atoms with Gasteiger partial charge in [0.2, 0.25) is 5.91 Å². The van der Waals surface area contributed by atoms with E-state index in [0.717, 1.165) is 29.2 Å². The van der Waals surface area contributed by atoms with Crippen LogP contribution in [-0.2, 0) is 11.2 Å². The molecule has 0 atom stereocenters. The van der Waals surface area contributed by atoms with Crippen molar-refractivity contribution in [3.8, 4) is 0 Å². The zero-order chi connectivity index (χ0) is 13.8. The Labute approximate surface area is 122 Å². The molecule has 0 saturated heterocycles. The van der Waals surface area contributed by atoms with Gasteiger partial charge < -0.3 is 10.6 Å². The molecule has 1 aliphatic heterocycles. The highest BCUT2D eigenvalue weighted by molar-refractivity contribution is 7.10. The largest absolute Gasteiger partial charge is 0.385 e. The number of rotatable bonds is 3. The third-order valence-corrected chi connectivity index (χ3v) is 4.10. The molecule has 20 heavy (non-hydrogen) atoms. The standard InChI is InChI=1S/C16H16N2OS/c19-16(8-7-14-4-2-10-20-14)18-13-6-5-12-3-1-9-17-15(12)11-13/h2,4-8,10-11,17H,1,3,9H2,(H,18,19). The third-order valence-electron chi connectivity index (χ3n) is 3.26. The van der Waals surface area contributed by atoms with E-state index in [1.54, 1.807) is 17.4 Å². The number of aryl methyl sites for hydroxylation is 1. The molecule has 0 saturated carbocycles. The molecule has 0 spiro atoms. The van der Waals surface area contributed by atoms with Crippen LogP contribution in [0.25, 0.3) is 6.08 Å². The second-order valence-electron chi connectivity index (χ2n) is 4.74. The van der Waals surface area contributed by atoms with Gasteiger partial charge in [0.15, 0.2) is 0 Å². The molecule has 0 aliphatic carbocycles. The number of nitrogens with one attached hydrogen (secondary N) is 2. The van der Waals surface area contributed by atoms with Gasteiger partial charge in [-0.1, -0.05) is 12.1 Å². The van der Waals surface area contributed by atoms with Crippen LogP contribution in [0.3, 0.4) is 0 Å². The predicted molar refractivity (Wildman–Crippen MR) is 85.2 cm³/mol. The lowest BCUT2D eigenvalue weighted by Gasteiger charge is -2.18. The molecule has 0 radical (unpaired) electrons. The average molecular weight is 284 g/mol. The highest BCUT2D eigenvalue weighted by Crippen LogP contribution is 2.25. The SMILES string of the molecule is O=C(C=Cc1cccs1)Nc1ccc2c(c1)NCCC2. The molecular formula is C16H16N2OS. The van der Waals surface area contributed by atoms with Crippen LogP contribution < -0.4 is 10.6 Å². The van der Waals surface area contributed by atoms with E-state index in [4.69, 9.17) is 0 Å². The second-order valence-corrected chi connectivity index (χ2v) is 5.72. The first-order chi connectivity index (χ1) is 9.81. The van der Waals surface area contributed by atoms with E-state index in [1.807, 2.05) is 35.7 Å². The minimum Gasteiger partial charge on any atom is -0.385 e. The first-order valence-electron chi connectivity index (χ1n) is 6.71. The number of amides is 1. The summed E-state index contributed by atoms with van der Waals surface area (Å²) in [4.78, 5) is 12.9. The minimum absolute atomic E-state index is 0.103. The summed E-state index contributed by atoms with van der Waals surface area (Å²) in [7, 11) is 0. The summed E-state index contributed by atoms with van der Waals surface area (Å²) in [5.41, 5.74) is 3.29. The molecule has 4 heteroatoms. The molecule has 1 aliphatic rings. The van der Waals surface area contributed by atoms with Crippen LogP contribution in [0.15, 0.2) is 41.8 Å². The molecule has 2 heterocycles. The Hall–Kier alpha value is -2.07. The first-order valence-corrected chi connectivity index (χ1v) is 7.58. The smallest absolute Gasteiger partial charge is 0.248 e. The highest BCUT2D eigenvalue weighted by Gasteiger charge is 2.09. The topological polar surface area (TPSA) is 41.1 Å². The number of carbonyl (C=O) groups excluding carboxylic acids is 1. The van der Waals surface area contributed by atoms with Crippen molar-refractivity contribution in [2.75, 3.05) is 17.2 Å². The van der Waals surface area contributed by atoms with Crippen LogP contribution >= 0.6 is 11.3 Å².